The standard InChI is InChI=1S/C15H32S/c1-3-5-7-8-9-10-11-12-14-15(16)13-6-4-2/h15-16H,3-14H2,1-2H3. The van der Waals surface area contributed by atoms with Crippen molar-refractivity contribution in [2.75, 3.05) is 0 Å². The van der Waals surface area contributed by atoms with Gasteiger partial charge in [-0.25, -0.2) is 0 Å². The average molecular weight is 244 g/mol. The summed E-state index contributed by atoms with van der Waals surface area (Å²) in [6.45, 7) is 4.54. The third kappa shape index (κ3) is 12.4. The second-order valence-electron chi connectivity index (χ2n) is 5.06. The molecule has 0 fully saturated rings. The molecule has 0 aromatic carbocycles. The van der Waals surface area contributed by atoms with Crippen LogP contribution in [0, 0.1) is 0 Å². The van der Waals surface area contributed by atoms with Gasteiger partial charge in [0.25, 0.3) is 0 Å². The molecular formula is C15H32S. The Morgan fingerprint density at radius 2 is 1.06 bits per heavy atom. The number of unbranched alkanes of at least 4 members (excludes halogenated alkanes) is 8. The number of hydrogen-bond acceptors (Lipinski definition) is 1. The first-order chi connectivity index (χ1) is 7.81. The van der Waals surface area contributed by atoms with Gasteiger partial charge in [-0.3, -0.25) is 0 Å². The van der Waals surface area contributed by atoms with Crippen LogP contribution in [0.15, 0.2) is 0 Å². The summed E-state index contributed by atoms with van der Waals surface area (Å²) in [5.41, 5.74) is 0. The van der Waals surface area contributed by atoms with Crippen molar-refractivity contribution in [2.45, 2.75) is 96.1 Å². The Morgan fingerprint density at radius 3 is 1.62 bits per heavy atom. The lowest BCUT2D eigenvalue weighted by Gasteiger charge is -2.09. The molecule has 0 N–H and O–H groups in total. The molecule has 0 radical (unpaired) electrons. The van der Waals surface area contributed by atoms with Crippen LogP contribution in [-0.2, 0) is 0 Å². The largest absolute Gasteiger partial charge is 0.176 e. The summed E-state index contributed by atoms with van der Waals surface area (Å²) < 4.78 is 0. The molecule has 0 bridgehead atoms. The molecule has 0 aliphatic carbocycles. The maximum atomic E-state index is 4.64. The minimum absolute atomic E-state index is 0.667. The number of thiol groups is 1. The van der Waals surface area contributed by atoms with Crippen molar-refractivity contribution in [1.82, 2.24) is 0 Å². The zero-order chi connectivity index (χ0) is 12.1. The van der Waals surface area contributed by atoms with Gasteiger partial charge in [0.2, 0.25) is 0 Å². The molecule has 1 unspecified atom stereocenters. The maximum absolute atomic E-state index is 4.64. The molecular weight excluding hydrogens is 212 g/mol. The van der Waals surface area contributed by atoms with E-state index in [1.165, 1.54) is 77.0 Å². The summed E-state index contributed by atoms with van der Waals surface area (Å²) in [4.78, 5) is 0. The lowest BCUT2D eigenvalue weighted by Crippen LogP contribution is -1.98. The van der Waals surface area contributed by atoms with Crippen molar-refractivity contribution in [1.29, 1.82) is 0 Å². The highest BCUT2D eigenvalue weighted by Gasteiger charge is 2.01. The molecule has 16 heavy (non-hydrogen) atoms. The summed E-state index contributed by atoms with van der Waals surface area (Å²) in [6.07, 6.45) is 16.7. The van der Waals surface area contributed by atoms with Crippen molar-refractivity contribution >= 4 is 12.6 Å². The SMILES string of the molecule is CCCCCCCCCCC(S)CCCC. The fourth-order valence-electron chi connectivity index (χ4n) is 2.10. The molecule has 0 rings (SSSR count). The van der Waals surface area contributed by atoms with Crippen molar-refractivity contribution in [3.8, 4) is 0 Å². The van der Waals surface area contributed by atoms with Crippen molar-refractivity contribution in [2.24, 2.45) is 0 Å². The molecule has 0 aliphatic rings. The smallest absolute Gasteiger partial charge is 0.00168 e. The lowest BCUT2D eigenvalue weighted by atomic mass is 10.0. The van der Waals surface area contributed by atoms with Gasteiger partial charge < -0.3 is 0 Å². The summed E-state index contributed by atoms with van der Waals surface area (Å²) in [7, 11) is 0. The van der Waals surface area contributed by atoms with E-state index in [4.69, 9.17) is 0 Å². The predicted molar refractivity (Wildman–Crippen MR) is 79.5 cm³/mol. The van der Waals surface area contributed by atoms with Gasteiger partial charge in [0.1, 0.15) is 0 Å². The summed E-state index contributed by atoms with van der Waals surface area (Å²) in [5, 5.41) is 0.667. The molecule has 0 nitrogen and oxygen atoms in total. The Morgan fingerprint density at radius 1 is 0.625 bits per heavy atom. The first-order valence-electron chi connectivity index (χ1n) is 7.49. The molecule has 1 heteroatoms. The van der Waals surface area contributed by atoms with Crippen LogP contribution in [0.1, 0.15) is 90.9 Å². The van der Waals surface area contributed by atoms with Crippen LogP contribution in [0.2, 0.25) is 0 Å². The normalized spacial score (nSPS) is 12.9. The first-order valence-corrected chi connectivity index (χ1v) is 8.01. The second-order valence-corrected chi connectivity index (χ2v) is 5.79. The molecule has 0 saturated carbocycles. The van der Waals surface area contributed by atoms with E-state index in [1.807, 2.05) is 0 Å². The van der Waals surface area contributed by atoms with E-state index in [1.54, 1.807) is 0 Å². The minimum atomic E-state index is 0.667. The third-order valence-corrected chi connectivity index (χ3v) is 3.80. The highest BCUT2D eigenvalue weighted by Crippen LogP contribution is 2.16. The molecule has 0 spiro atoms. The molecule has 0 aromatic rings. The van der Waals surface area contributed by atoms with Gasteiger partial charge in [-0.05, 0) is 12.8 Å². The molecule has 0 amide bonds. The third-order valence-electron chi connectivity index (χ3n) is 3.28. The Bertz CT molecular complexity index is 123. The Hall–Kier alpha value is 0.350. The number of hydrogen-bond donors (Lipinski definition) is 1. The maximum Gasteiger partial charge on any atom is 0.00168 e. The minimum Gasteiger partial charge on any atom is -0.176 e. The zero-order valence-corrected chi connectivity index (χ0v) is 12.4. The zero-order valence-electron chi connectivity index (χ0n) is 11.5. The van der Waals surface area contributed by atoms with Crippen LogP contribution < -0.4 is 0 Å². The highest BCUT2D eigenvalue weighted by atomic mass is 32.1. The van der Waals surface area contributed by atoms with Crippen molar-refractivity contribution in [3.05, 3.63) is 0 Å². The fraction of sp³-hybridized carbons (Fsp3) is 1.00. The molecule has 98 valence electrons. The van der Waals surface area contributed by atoms with E-state index in [0.717, 1.165) is 0 Å². The molecule has 1 atom stereocenters. The summed E-state index contributed by atoms with van der Waals surface area (Å²) in [5.74, 6) is 0. The van der Waals surface area contributed by atoms with Gasteiger partial charge in [0.05, 0.1) is 0 Å². The first kappa shape index (κ1) is 16.4. The van der Waals surface area contributed by atoms with E-state index in [2.05, 4.69) is 26.5 Å². The molecule has 0 aromatic heterocycles. The lowest BCUT2D eigenvalue weighted by molar-refractivity contribution is 0.549. The van der Waals surface area contributed by atoms with E-state index in [-0.39, 0.29) is 0 Å². The van der Waals surface area contributed by atoms with Crippen LogP contribution in [0.4, 0.5) is 0 Å². The predicted octanol–water partition coefficient (Wildman–Crippen LogP) is 6.01. The van der Waals surface area contributed by atoms with E-state index >= 15 is 0 Å². The van der Waals surface area contributed by atoms with Gasteiger partial charge >= 0.3 is 0 Å². The topological polar surface area (TPSA) is 0 Å². The summed E-state index contributed by atoms with van der Waals surface area (Å²) >= 11 is 4.64. The van der Waals surface area contributed by atoms with E-state index in [0.29, 0.717) is 5.25 Å². The van der Waals surface area contributed by atoms with E-state index < -0.39 is 0 Å². The molecule has 0 heterocycles. The van der Waals surface area contributed by atoms with Gasteiger partial charge in [0, 0.05) is 5.25 Å². The van der Waals surface area contributed by atoms with Crippen molar-refractivity contribution < 1.29 is 0 Å². The van der Waals surface area contributed by atoms with Crippen LogP contribution in [-0.4, -0.2) is 5.25 Å². The van der Waals surface area contributed by atoms with Gasteiger partial charge in [0.15, 0.2) is 0 Å². The average Bonchev–Trinajstić information content (AvgIpc) is 2.30. The van der Waals surface area contributed by atoms with Gasteiger partial charge in [-0.1, -0.05) is 78.1 Å². The Labute approximate surface area is 109 Å². The molecule has 0 aliphatic heterocycles. The van der Waals surface area contributed by atoms with Crippen LogP contribution in [0.3, 0.4) is 0 Å². The van der Waals surface area contributed by atoms with Crippen molar-refractivity contribution in [3.63, 3.8) is 0 Å². The van der Waals surface area contributed by atoms with Gasteiger partial charge in [-0.15, -0.1) is 0 Å². The monoisotopic (exact) mass is 244 g/mol. The fourth-order valence-corrected chi connectivity index (χ4v) is 2.46. The number of rotatable bonds is 12. The Balaban J connectivity index is 3.02. The Kier molecular flexibility index (Phi) is 13.7. The van der Waals surface area contributed by atoms with Crippen LogP contribution >= 0.6 is 12.6 Å². The second kappa shape index (κ2) is 13.4. The van der Waals surface area contributed by atoms with Crippen LogP contribution in [0.5, 0.6) is 0 Å². The molecule has 0 saturated heterocycles. The van der Waals surface area contributed by atoms with E-state index in [9.17, 15) is 0 Å². The highest BCUT2D eigenvalue weighted by molar-refractivity contribution is 7.80. The summed E-state index contributed by atoms with van der Waals surface area (Å²) in [6, 6.07) is 0. The van der Waals surface area contributed by atoms with Gasteiger partial charge in [-0.2, -0.15) is 12.6 Å². The quantitative estimate of drug-likeness (QED) is 0.315. The van der Waals surface area contributed by atoms with Crippen LogP contribution in [0.25, 0.3) is 0 Å².